The first kappa shape index (κ1) is 23.3. The highest BCUT2D eigenvalue weighted by Gasteiger charge is 2.11. The lowest BCUT2D eigenvalue weighted by Crippen LogP contribution is -2.37. The second kappa shape index (κ2) is 12.5. The number of ether oxygens (including phenoxy) is 1. The molecule has 1 aromatic heterocycles. The smallest absolute Gasteiger partial charge is 0.294 e. The summed E-state index contributed by atoms with van der Waals surface area (Å²) in [4.78, 5) is 28.7. The number of aromatic nitrogens is 1. The van der Waals surface area contributed by atoms with Crippen LogP contribution in [0.25, 0.3) is 10.9 Å². The second-order valence-electron chi connectivity index (χ2n) is 6.12. The second-order valence-corrected chi connectivity index (χ2v) is 7.23. The number of aliphatic hydroxyl groups excluding tert-OH is 1. The van der Waals surface area contributed by atoms with Crippen LogP contribution in [0.3, 0.4) is 0 Å². The molecule has 1 heterocycles. The van der Waals surface area contributed by atoms with Crippen molar-refractivity contribution in [1.82, 2.24) is 15.6 Å². The predicted molar refractivity (Wildman–Crippen MR) is 111 cm³/mol. The third-order valence-corrected chi connectivity index (χ3v) is 4.80. The quantitative estimate of drug-likeness (QED) is 0.186. The predicted octanol–water partition coefficient (Wildman–Crippen LogP) is 0.427. The number of amides is 1. The number of H-pyrrole nitrogens is 1. The highest BCUT2D eigenvalue weighted by atomic mass is 32.2. The van der Waals surface area contributed by atoms with Crippen LogP contribution in [0.1, 0.15) is 5.56 Å². The molecule has 162 valence electrons. The minimum absolute atomic E-state index is 0.0527. The van der Waals surface area contributed by atoms with Crippen LogP contribution in [0.5, 0.6) is 5.75 Å². The Labute approximate surface area is 176 Å². The van der Waals surface area contributed by atoms with E-state index in [1.807, 2.05) is 6.07 Å². The van der Waals surface area contributed by atoms with Crippen molar-refractivity contribution >= 4 is 28.6 Å². The molecule has 1 atom stereocenters. The first-order valence-corrected chi connectivity index (χ1v) is 10.3. The van der Waals surface area contributed by atoms with E-state index in [0.29, 0.717) is 35.5 Å². The van der Waals surface area contributed by atoms with Gasteiger partial charge in [-0.2, -0.15) is 17.0 Å². The number of rotatable bonds is 14. The van der Waals surface area contributed by atoms with Gasteiger partial charge < -0.3 is 30.3 Å². The molecule has 0 aliphatic carbocycles. The SMILES string of the molecule is N#Cc1c[nH]c2cccc(OCC(O)CNCCNC(=O)CSCCO[N+](=O)[O-])c12. The van der Waals surface area contributed by atoms with E-state index < -0.39 is 11.2 Å². The molecule has 4 N–H and O–H groups in total. The standard InChI is InChI=1S/C18H23N5O6S/c19-8-13-9-22-15-2-1-3-16(18(13)15)28-11-14(24)10-20-4-5-21-17(25)12-30-7-6-29-23(26)27/h1-3,9,14,20,22,24H,4-7,10-12H2,(H,21,25). The molecule has 0 fully saturated rings. The van der Waals surface area contributed by atoms with Crippen LogP contribution >= 0.6 is 11.8 Å². The molecular weight excluding hydrogens is 414 g/mol. The van der Waals surface area contributed by atoms with E-state index in [1.54, 1.807) is 18.3 Å². The maximum Gasteiger partial charge on any atom is 0.294 e. The number of carbonyl (C=O) groups is 1. The van der Waals surface area contributed by atoms with Crippen LogP contribution in [0.2, 0.25) is 0 Å². The van der Waals surface area contributed by atoms with Crippen LogP contribution < -0.4 is 15.4 Å². The van der Waals surface area contributed by atoms with E-state index in [4.69, 9.17) is 4.74 Å². The molecule has 2 aromatic rings. The van der Waals surface area contributed by atoms with Crippen molar-refractivity contribution in [3.63, 3.8) is 0 Å². The highest BCUT2D eigenvalue weighted by Crippen LogP contribution is 2.28. The van der Waals surface area contributed by atoms with Gasteiger partial charge in [-0.1, -0.05) is 6.07 Å². The van der Waals surface area contributed by atoms with E-state index in [9.17, 15) is 25.3 Å². The molecule has 1 amide bonds. The lowest BCUT2D eigenvalue weighted by atomic mass is 10.1. The topological polar surface area (TPSA) is 163 Å². The monoisotopic (exact) mass is 437 g/mol. The summed E-state index contributed by atoms with van der Waals surface area (Å²) in [6, 6.07) is 7.49. The molecule has 0 bridgehead atoms. The van der Waals surface area contributed by atoms with Gasteiger partial charge in [0.25, 0.3) is 5.09 Å². The highest BCUT2D eigenvalue weighted by molar-refractivity contribution is 7.99. The number of hydrogen-bond donors (Lipinski definition) is 4. The van der Waals surface area contributed by atoms with Gasteiger partial charge in [0.05, 0.1) is 22.2 Å². The summed E-state index contributed by atoms with van der Waals surface area (Å²) in [6.45, 7) is 1.12. The lowest BCUT2D eigenvalue weighted by Gasteiger charge is -2.14. The first-order chi connectivity index (χ1) is 14.5. The zero-order valence-corrected chi connectivity index (χ0v) is 16.9. The molecule has 0 aliphatic rings. The Kier molecular flexibility index (Phi) is 9.72. The van der Waals surface area contributed by atoms with Crippen LogP contribution in [-0.2, 0) is 9.63 Å². The van der Waals surface area contributed by atoms with Crippen molar-refractivity contribution in [3.05, 3.63) is 40.1 Å². The van der Waals surface area contributed by atoms with Gasteiger partial charge in [0.15, 0.2) is 0 Å². The summed E-state index contributed by atoms with van der Waals surface area (Å²) in [7, 11) is 0. The summed E-state index contributed by atoms with van der Waals surface area (Å²) < 4.78 is 5.67. The maximum atomic E-state index is 11.6. The van der Waals surface area contributed by atoms with Crippen LogP contribution in [-0.4, -0.2) is 71.5 Å². The molecule has 0 spiro atoms. The maximum absolute atomic E-state index is 11.6. The molecule has 0 aliphatic heterocycles. The number of nitriles is 1. The molecule has 30 heavy (non-hydrogen) atoms. The third-order valence-electron chi connectivity index (χ3n) is 3.88. The number of thioether (sulfide) groups is 1. The van der Waals surface area contributed by atoms with Gasteiger partial charge in [0.1, 0.15) is 31.1 Å². The summed E-state index contributed by atoms with van der Waals surface area (Å²) in [5, 5.41) is 34.8. The van der Waals surface area contributed by atoms with E-state index in [1.165, 1.54) is 11.8 Å². The first-order valence-electron chi connectivity index (χ1n) is 9.14. The summed E-state index contributed by atoms with van der Waals surface area (Å²) in [5.41, 5.74) is 1.27. The number of aromatic amines is 1. The Morgan fingerprint density at radius 1 is 1.43 bits per heavy atom. The van der Waals surface area contributed by atoms with E-state index in [2.05, 4.69) is 26.5 Å². The number of aliphatic hydroxyl groups is 1. The number of hydrogen-bond acceptors (Lipinski definition) is 9. The molecule has 11 nitrogen and oxygen atoms in total. The minimum Gasteiger partial charge on any atom is -0.490 e. The Morgan fingerprint density at radius 3 is 3.03 bits per heavy atom. The lowest BCUT2D eigenvalue weighted by molar-refractivity contribution is -0.756. The van der Waals surface area contributed by atoms with Crippen molar-refractivity contribution in [2.75, 3.05) is 44.4 Å². The Morgan fingerprint density at radius 2 is 2.27 bits per heavy atom. The fourth-order valence-corrected chi connectivity index (χ4v) is 3.17. The van der Waals surface area contributed by atoms with Gasteiger partial charge in [-0.3, -0.25) is 4.79 Å². The molecular formula is C18H23N5O6S. The van der Waals surface area contributed by atoms with Gasteiger partial charge in [-0.05, 0) is 12.1 Å². The van der Waals surface area contributed by atoms with Crippen molar-refractivity contribution in [2.24, 2.45) is 0 Å². The van der Waals surface area contributed by atoms with Gasteiger partial charge in [-0.15, -0.1) is 10.1 Å². The number of fused-ring (bicyclic) bond motifs is 1. The van der Waals surface area contributed by atoms with Gasteiger partial charge >= 0.3 is 0 Å². The molecule has 12 heteroatoms. The van der Waals surface area contributed by atoms with Crippen molar-refractivity contribution in [3.8, 4) is 11.8 Å². The van der Waals surface area contributed by atoms with Crippen LogP contribution in [0.4, 0.5) is 0 Å². The van der Waals surface area contributed by atoms with Crippen molar-refractivity contribution < 1.29 is 24.6 Å². The summed E-state index contributed by atoms with van der Waals surface area (Å²) >= 11 is 1.24. The Hall–Kier alpha value is -3.01. The van der Waals surface area contributed by atoms with Crippen LogP contribution in [0.15, 0.2) is 24.4 Å². The summed E-state index contributed by atoms with van der Waals surface area (Å²) in [5.74, 6) is 0.885. The number of carbonyl (C=O) groups excluding carboxylic acids is 1. The average Bonchev–Trinajstić information content (AvgIpc) is 3.15. The van der Waals surface area contributed by atoms with E-state index in [-0.39, 0.29) is 31.4 Å². The number of nitrogens with one attached hydrogen (secondary N) is 3. The fourth-order valence-electron chi connectivity index (χ4n) is 2.55. The molecule has 0 saturated carbocycles. The Balaban J connectivity index is 1.57. The molecule has 0 radical (unpaired) electrons. The zero-order valence-electron chi connectivity index (χ0n) is 16.1. The largest absolute Gasteiger partial charge is 0.490 e. The fraction of sp³-hybridized carbons (Fsp3) is 0.444. The number of benzene rings is 1. The molecule has 0 saturated heterocycles. The van der Waals surface area contributed by atoms with Crippen molar-refractivity contribution in [2.45, 2.75) is 6.10 Å². The van der Waals surface area contributed by atoms with Gasteiger partial charge in [-0.25, -0.2) is 0 Å². The van der Waals surface area contributed by atoms with Gasteiger partial charge in [0.2, 0.25) is 5.91 Å². The Bertz CT molecular complexity index is 884. The average molecular weight is 437 g/mol. The molecule has 1 unspecified atom stereocenters. The molecule has 1 aromatic carbocycles. The van der Waals surface area contributed by atoms with Gasteiger partial charge in [0, 0.05) is 31.6 Å². The summed E-state index contributed by atoms with van der Waals surface area (Å²) in [6.07, 6.45) is 0.848. The molecule has 2 rings (SSSR count). The number of nitrogens with zero attached hydrogens (tertiary/aromatic N) is 2. The zero-order chi connectivity index (χ0) is 21.8. The normalized spacial score (nSPS) is 11.6. The van der Waals surface area contributed by atoms with Crippen molar-refractivity contribution in [1.29, 1.82) is 5.26 Å². The third kappa shape index (κ3) is 7.78. The van der Waals surface area contributed by atoms with E-state index in [0.717, 1.165) is 5.52 Å². The van der Waals surface area contributed by atoms with Crippen LogP contribution in [0, 0.1) is 21.4 Å². The van der Waals surface area contributed by atoms with E-state index >= 15 is 0 Å². The minimum atomic E-state index is -0.865.